The van der Waals surface area contributed by atoms with Crippen LogP contribution in [0.25, 0.3) is 0 Å². The van der Waals surface area contributed by atoms with Gasteiger partial charge in [0.2, 0.25) is 0 Å². The van der Waals surface area contributed by atoms with Crippen LogP contribution in [0.1, 0.15) is 19.4 Å². The number of hydrogen-bond donors (Lipinski definition) is 1. The topological polar surface area (TPSA) is 12.0 Å². The Labute approximate surface area is 93.4 Å². The highest BCUT2D eigenvalue weighted by molar-refractivity contribution is 6.31. The van der Waals surface area contributed by atoms with Gasteiger partial charge in [0.05, 0.1) is 6.54 Å². The molecule has 0 aliphatic carbocycles. The van der Waals surface area contributed by atoms with Crippen LogP contribution in [0.15, 0.2) is 24.3 Å². The molecule has 0 aliphatic heterocycles. The molecule has 0 amide bonds. The van der Waals surface area contributed by atoms with Crippen LogP contribution in [-0.4, -0.2) is 12.6 Å². The molecule has 0 aromatic heterocycles. The molecule has 1 aromatic rings. The second-order valence-corrected chi connectivity index (χ2v) is 4.13. The van der Waals surface area contributed by atoms with Crippen molar-refractivity contribution in [1.29, 1.82) is 0 Å². The lowest BCUT2D eigenvalue weighted by molar-refractivity contribution is -0.00472. The van der Waals surface area contributed by atoms with Crippen molar-refractivity contribution in [2.24, 2.45) is 0 Å². The zero-order valence-electron chi connectivity index (χ0n) is 8.73. The quantitative estimate of drug-likeness (QED) is 0.840. The Morgan fingerprint density at radius 3 is 2.47 bits per heavy atom. The average molecular weight is 234 g/mol. The van der Waals surface area contributed by atoms with Crippen LogP contribution in [0.4, 0.5) is 8.78 Å². The Hall–Kier alpha value is -0.670. The number of hydrogen-bond acceptors (Lipinski definition) is 1. The molecule has 1 nitrogen and oxygen atoms in total. The van der Waals surface area contributed by atoms with Crippen LogP contribution in [0.5, 0.6) is 0 Å². The molecule has 1 N–H and O–H groups in total. The third-order valence-electron chi connectivity index (χ3n) is 2.00. The van der Waals surface area contributed by atoms with E-state index in [1.54, 1.807) is 12.1 Å². The monoisotopic (exact) mass is 233 g/mol. The first kappa shape index (κ1) is 12.4. The van der Waals surface area contributed by atoms with Crippen molar-refractivity contribution >= 4 is 11.6 Å². The van der Waals surface area contributed by atoms with E-state index in [0.717, 1.165) is 0 Å². The van der Waals surface area contributed by atoms with Crippen molar-refractivity contribution in [1.82, 2.24) is 5.32 Å². The molecule has 0 spiro atoms. The molecule has 0 radical (unpaired) electrons. The van der Waals surface area contributed by atoms with Gasteiger partial charge in [-0.1, -0.05) is 43.6 Å². The largest absolute Gasteiger partial charge is 0.309 e. The summed E-state index contributed by atoms with van der Waals surface area (Å²) in [5, 5.41) is 2.81. The van der Waals surface area contributed by atoms with E-state index < -0.39 is 12.5 Å². The van der Waals surface area contributed by atoms with Gasteiger partial charge < -0.3 is 5.32 Å². The molecule has 4 heteroatoms. The number of benzene rings is 1. The van der Waals surface area contributed by atoms with Crippen LogP contribution in [-0.2, 0) is 5.92 Å². The smallest absolute Gasteiger partial charge is 0.286 e. The van der Waals surface area contributed by atoms with Crippen LogP contribution in [0, 0.1) is 0 Å². The molecule has 0 saturated heterocycles. The summed E-state index contributed by atoms with van der Waals surface area (Å²) in [6.45, 7) is 3.25. The Balaban J connectivity index is 2.81. The molecular weight excluding hydrogens is 220 g/mol. The highest BCUT2D eigenvalue weighted by Crippen LogP contribution is 2.32. The summed E-state index contributed by atoms with van der Waals surface area (Å²) in [4.78, 5) is 0. The molecular formula is C11H14ClF2N. The van der Waals surface area contributed by atoms with Crippen LogP contribution < -0.4 is 5.32 Å². The van der Waals surface area contributed by atoms with Gasteiger partial charge in [-0.25, -0.2) is 0 Å². The molecule has 0 fully saturated rings. The summed E-state index contributed by atoms with van der Waals surface area (Å²) in [6, 6.07) is 6.05. The summed E-state index contributed by atoms with van der Waals surface area (Å²) < 4.78 is 27.3. The number of nitrogens with one attached hydrogen (secondary N) is 1. The van der Waals surface area contributed by atoms with E-state index in [2.05, 4.69) is 5.32 Å². The van der Waals surface area contributed by atoms with E-state index in [-0.39, 0.29) is 16.6 Å². The number of rotatable bonds is 4. The summed E-state index contributed by atoms with van der Waals surface area (Å²) in [7, 11) is 0. The summed E-state index contributed by atoms with van der Waals surface area (Å²) >= 11 is 5.72. The maximum absolute atomic E-state index is 13.6. The second kappa shape index (κ2) is 4.90. The Morgan fingerprint density at radius 2 is 1.93 bits per heavy atom. The molecule has 1 aromatic carbocycles. The van der Waals surface area contributed by atoms with Crippen molar-refractivity contribution < 1.29 is 8.78 Å². The molecule has 84 valence electrons. The summed E-state index contributed by atoms with van der Waals surface area (Å²) in [5.41, 5.74) is -0.125. The van der Waals surface area contributed by atoms with Gasteiger partial charge >= 0.3 is 0 Å². The van der Waals surface area contributed by atoms with E-state index in [4.69, 9.17) is 11.6 Å². The lowest BCUT2D eigenvalue weighted by atomic mass is 10.1. The van der Waals surface area contributed by atoms with Gasteiger partial charge in [0.1, 0.15) is 0 Å². The van der Waals surface area contributed by atoms with Gasteiger partial charge in [-0.2, -0.15) is 8.78 Å². The fraction of sp³-hybridized carbons (Fsp3) is 0.455. The van der Waals surface area contributed by atoms with Gasteiger partial charge in [-0.05, 0) is 6.07 Å². The molecule has 1 rings (SSSR count). The summed E-state index contributed by atoms with van der Waals surface area (Å²) in [5.74, 6) is -2.93. The normalized spacial score (nSPS) is 12.1. The number of halogens is 3. The predicted molar refractivity (Wildman–Crippen MR) is 58.5 cm³/mol. The van der Waals surface area contributed by atoms with Crippen molar-refractivity contribution in [3.63, 3.8) is 0 Å². The first-order valence-electron chi connectivity index (χ1n) is 4.79. The van der Waals surface area contributed by atoms with Crippen LogP contribution >= 0.6 is 11.6 Å². The van der Waals surface area contributed by atoms with Crippen LogP contribution in [0.3, 0.4) is 0 Å². The second-order valence-electron chi connectivity index (χ2n) is 3.72. The molecule has 0 unspecified atom stereocenters. The van der Waals surface area contributed by atoms with Crippen molar-refractivity contribution in [2.75, 3.05) is 6.54 Å². The van der Waals surface area contributed by atoms with Crippen LogP contribution in [0.2, 0.25) is 5.02 Å². The van der Waals surface area contributed by atoms with E-state index in [1.807, 2.05) is 13.8 Å². The maximum atomic E-state index is 13.6. The first-order valence-corrected chi connectivity index (χ1v) is 5.17. The fourth-order valence-corrected chi connectivity index (χ4v) is 1.46. The molecule has 15 heavy (non-hydrogen) atoms. The fourth-order valence-electron chi connectivity index (χ4n) is 1.19. The minimum absolute atomic E-state index is 0.0263. The Bertz CT molecular complexity index is 326. The van der Waals surface area contributed by atoms with Crippen molar-refractivity contribution in [3.8, 4) is 0 Å². The molecule has 0 bridgehead atoms. The zero-order chi connectivity index (χ0) is 11.5. The molecule has 0 atom stereocenters. The van der Waals surface area contributed by atoms with Gasteiger partial charge in [-0.15, -0.1) is 0 Å². The SMILES string of the molecule is CC(C)NCC(F)(F)c1ccccc1Cl. The predicted octanol–water partition coefficient (Wildman–Crippen LogP) is 3.43. The first-order chi connectivity index (χ1) is 6.93. The highest BCUT2D eigenvalue weighted by Gasteiger charge is 2.33. The van der Waals surface area contributed by atoms with E-state index in [1.165, 1.54) is 12.1 Å². The van der Waals surface area contributed by atoms with Gasteiger partial charge in [0.15, 0.2) is 0 Å². The van der Waals surface area contributed by atoms with E-state index >= 15 is 0 Å². The average Bonchev–Trinajstić information content (AvgIpc) is 2.15. The lowest BCUT2D eigenvalue weighted by Crippen LogP contribution is -2.35. The molecule has 0 aliphatic rings. The molecule has 0 heterocycles. The van der Waals surface area contributed by atoms with Gasteiger partial charge in [0.25, 0.3) is 5.92 Å². The van der Waals surface area contributed by atoms with E-state index in [0.29, 0.717) is 0 Å². The Kier molecular flexibility index (Phi) is 4.05. The summed E-state index contributed by atoms with van der Waals surface area (Å²) in [6.07, 6.45) is 0. The zero-order valence-corrected chi connectivity index (χ0v) is 9.48. The number of alkyl halides is 2. The lowest BCUT2D eigenvalue weighted by Gasteiger charge is -2.20. The van der Waals surface area contributed by atoms with Gasteiger partial charge in [-0.3, -0.25) is 0 Å². The molecule has 0 saturated carbocycles. The maximum Gasteiger partial charge on any atom is 0.286 e. The third kappa shape index (κ3) is 3.43. The standard InChI is InChI=1S/C11H14ClF2N/c1-8(2)15-7-11(13,14)9-5-3-4-6-10(9)12/h3-6,8,15H,7H2,1-2H3. The van der Waals surface area contributed by atoms with E-state index in [9.17, 15) is 8.78 Å². The highest BCUT2D eigenvalue weighted by atomic mass is 35.5. The van der Waals surface area contributed by atoms with Crippen molar-refractivity contribution in [3.05, 3.63) is 34.9 Å². The van der Waals surface area contributed by atoms with Crippen molar-refractivity contribution in [2.45, 2.75) is 25.8 Å². The Morgan fingerprint density at radius 1 is 1.33 bits per heavy atom. The minimum Gasteiger partial charge on any atom is -0.309 e. The van der Waals surface area contributed by atoms with Gasteiger partial charge in [0, 0.05) is 16.6 Å². The third-order valence-corrected chi connectivity index (χ3v) is 2.33. The minimum atomic E-state index is -2.93.